The van der Waals surface area contributed by atoms with Crippen molar-refractivity contribution in [3.8, 4) is 0 Å². The summed E-state index contributed by atoms with van der Waals surface area (Å²) in [5.74, 6) is -2.38. The number of methoxy groups -OCH3 is 1. The van der Waals surface area contributed by atoms with Crippen molar-refractivity contribution in [1.82, 2.24) is 40.5 Å². The van der Waals surface area contributed by atoms with Gasteiger partial charge in [0.1, 0.15) is 12.1 Å². The van der Waals surface area contributed by atoms with Gasteiger partial charge in [-0.15, -0.1) is 22.1 Å². The zero-order chi connectivity index (χ0) is 44.1. The number of carboxylic acids is 1. The Labute approximate surface area is 371 Å². The number of aromatic amines is 1. The van der Waals surface area contributed by atoms with Gasteiger partial charge < -0.3 is 35.4 Å². The average Bonchev–Trinajstić information content (AvgIpc) is 4.02. The predicted molar refractivity (Wildman–Crippen MR) is 236 cm³/mol. The molecular weight excluding hydrogens is 828 g/mol. The number of carbonyl (C=O) groups excluding carboxylic acids is 3. The van der Waals surface area contributed by atoms with Gasteiger partial charge in [-0.3, -0.25) is 14.4 Å². The summed E-state index contributed by atoms with van der Waals surface area (Å²) in [5, 5.41) is 15.4. The first-order valence-corrected chi connectivity index (χ1v) is 20.3. The minimum atomic E-state index is -0.996. The number of H-pyrrole nitrogens is 1. The number of hydrogen-bond acceptors (Lipinski definition) is 8. The number of esters is 1. The Morgan fingerprint density at radius 2 is 1.47 bits per heavy atom. The molecule has 324 valence electrons. The van der Waals surface area contributed by atoms with E-state index in [0.29, 0.717) is 51.4 Å². The number of amides is 2. The minimum absolute atomic E-state index is 0. The third kappa shape index (κ3) is 10.2. The zero-order valence-corrected chi connectivity index (χ0v) is 37.2. The van der Waals surface area contributed by atoms with Gasteiger partial charge in [-0.2, -0.15) is 0 Å². The van der Waals surface area contributed by atoms with Crippen LogP contribution in [0.15, 0.2) is 56.0 Å². The van der Waals surface area contributed by atoms with Gasteiger partial charge >= 0.3 is 29.0 Å². The van der Waals surface area contributed by atoms with Gasteiger partial charge in [0.05, 0.1) is 36.2 Å². The summed E-state index contributed by atoms with van der Waals surface area (Å²) >= 11 is 0. The molecule has 0 saturated heterocycles. The van der Waals surface area contributed by atoms with Crippen LogP contribution in [-0.2, 0) is 53.8 Å². The van der Waals surface area contributed by atoms with Crippen molar-refractivity contribution in [3.05, 3.63) is 107 Å². The fraction of sp³-hybridized carbons (Fsp3) is 0.340. The Balaban J connectivity index is 0.00000726. The molecule has 62 heavy (non-hydrogen) atoms. The quantitative estimate of drug-likeness (QED) is 0.0678. The van der Waals surface area contributed by atoms with Gasteiger partial charge in [0.25, 0.3) is 0 Å². The number of carbonyl (C=O) groups is 4. The first-order valence-electron chi connectivity index (χ1n) is 20.3. The summed E-state index contributed by atoms with van der Waals surface area (Å²) in [5.41, 5.74) is 12.7. The second-order valence-corrected chi connectivity index (χ2v) is 15.8. The third-order valence-electron chi connectivity index (χ3n) is 11.2. The molecule has 6 rings (SSSR count). The fourth-order valence-corrected chi connectivity index (χ4v) is 7.81. The average molecular weight is 881 g/mol. The molecule has 0 fully saturated rings. The number of aryl methyl sites for hydroxylation is 3. The van der Waals surface area contributed by atoms with E-state index in [-0.39, 0.29) is 61.0 Å². The van der Waals surface area contributed by atoms with E-state index in [0.717, 1.165) is 50.1 Å². The Morgan fingerprint density at radius 3 is 2.11 bits per heavy atom. The van der Waals surface area contributed by atoms with Crippen molar-refractivity contribution in [1.29, 1.82) is 0 Å². The van der Waals surface area contributed by atoms with Crippen LogP contribution >= 0.6 is 0 Å². The van der Waals surface area contributed by atoms with Crippen LogP contribution < -0.4 is 20.6 Å². The van der Waals surface area contributed by atoms with Crippen molar-refractivity contribution >= 4 is 74.2 Å². The number of fused-ring (bicyclic) bond motifs is 8. The van der Waals surface area contributed by atoms with Crippen molar-refractivity contribution < 1.29 is 46.1 Å². The number of carboxylic acid groups (broad SMARTS) is 1. The molecule has 0 spiro atoms. The molecule has 2 aliphatic rings. The molecule has 0 aromatic carbocycles. The number of allylic oxidation sites excluding steroid dienone is 5. The largest absolute Gasteiger partial charge is 2.00 e. The summed E-state index contributed by atoms with van der Waals surface area (Å²) in [6.45, 7) is 19.9. The number of hydrogen-bond donors (Lipinski definition) is 4. The standard InChI is InChI=1S/C47H54N8O6.Fe/c1-10-30-25(5)34-18-35-27(7)32(12-14-44(56)54-42(16-24(3)4)46(59)55-43(47(60)61-9)17-29-22-48-23-49-29)40(52-35)21-41-33(13-15-45(57)58)28(8)37(53-41)20-39-31(11-2)26(6)36(51-39)19-38(30)50-34;/h10-11,18-24,42-43H,1-2,12-17H2,3-9H3,(H6,48,49,50,51,52,53,54,55,56,57,58,59);/q;+2/p-2/t42-,43-;/m1./s1. The van der Waals surface area contributed by atoms with Crippen LogP contribution in [0.4, 0.5) is 0 Å². The van der Waals surface area contributed by atoms with Gasteiger partial charge in [-0.05, 0) is 75.2 Å². The zero-order valence-electron chi connectivity index (χ0n) is 36.1. The smallest absolute Gasteiger partial charge is 0.657 e. The van der Waals surface area contributed by atoms with Crippen LogP contribution in [0.5, 0.6) is 0 Å². The monoisotopic (exact) mass is 880 g/mol. The van der Waals surface area contributed by atoms with Gasteiger partial charge in [0.2, 0.25) is 11.8 Å². The molecule has 4 N–H and O–H groups in total. The van der Waals surface area contributed by atoms with E-state index < -0.39 is 29.9 Å². The van der Waals surface area contributed by atoms with Crippen molar-refractivity contribution in [2.24, 2.45) is 5.92 Å². The second-order valence-electron chi connectivity index (χ2n) is 15.8. The predicted octanol–water partition coefficient (Wildman–Crippen LogP) is 6.83. The minimum Gasteiger partial charge on any atom is -0.657 e. The molecule has 6 heterocycles. The van der Waals surface area contributed by atoms with Gasteiger partial charge in [0.15, 0.2) is 0 Å². The van der Waals surface area contributed by atoms with E-state index in [1.54, 1.807) is 18.3 Å². The molecule has 2 amide bonds. The molecule has 0 radical (unpaired) electrons. The normalized spacial score (nSPS) is 13.4. The first kappa shape index (κ1) is 46.8. The molecule has 14 nitrogen and oxygen atoms in total. The molecule has 4 aromatic heterocycles. The Morgan fingerprint density at radius 1 is 0.823 bits per heavy atom. The van der Waals surface area contributed by atoms with E-state index in [2.05, 4.69) is 33.8 Å². The van der Waals surface area contributed by atoms with Crippen molar-refractivity contribution in [3.63, 3.8) is 0 Å². The summed E-state index contributed by atoms with van der Waals surface area (Å²) in [7, 11) is 1.25. The van der Waals surface area contributed by atoms with Crippen LogP contribution in [0.2, 0.25) is 0 Å². The van der Waals surface area contributed by atoms with Crippen LogP contribution in [0.1, 0.15) is 104 Å². The van der Waals surface area contributed by atoms with E-state index in [9.17, 15) is 24.3 Å². The van der Waals surface area contributed by atoms with E-state index >= 15 is 0 Å². The second kappa shape index (κ2) is 20.0. The summed E-state index contributed by atoms with van der Waals surface area (Å²) in [4.78, 5) is 79.0. The number of aliphatic carboxylic acids is 1. The maximum Gasteiger partial charge on any atom is 2.00 e. The molecule has 0 unspecified atom stereocenters. The number of aromatic nitrogens is 6. The Hall–Kier alpha value is -6.31. The Bertz CT molecular complexity index is 2650. The van der Waals surface area contributed by atoms with Crippen LogP contribution in [0.25, 0.3) is 50.4 Å². The molecule has 8 bridgehead atoms. The number of nitrogens with one attached hydrogen (secondary N) is 3. The molecule has 4 aromatic rings. The first-order chi connectivity index (χ1) is 29.1. The SMILES string of the molecule is C=CC1=C(C)c2cc3[n-]c(cc4nc(cc5[n-]c(cc1n2)c(C)c5C=C)C(C)=C4CCC(=O)O)c(CCC(=O)N[C@H](CC(C)C)C(=O)N[C@H](Cc1cnc[nH]1)C(=O)OC)c3C.[Fe+2]. The molecule has 15 heteroatoms. The maximum atomic E-state index is 13.8. The third-order valence-corrected chi connectivity index (χ3v) is 11.2. The van der Waals surface area contributed by atoms with E-state index in [1.165, 1.54) is 13.4 Å². The van der Waals surface area contributed by atoms with E-state index in [4.69, 9.17) is 24.7 Å². The summed E-state index contributed by atoms with van der Waals surface area (Å²) in [6.07, 6.45) is 7.49. The summed E-state index contributed by atoms with van der Waals surface area (Å²) < 4.78 is 4.96. The van der Waals surface area contributed by atoms with Gasteiger partial charge in [0, 0.05) is 36.7 Å². The molecule has 2 atom stereocenters. The number of ether oxygens (including phenoxy) is 1. The topological polar surface area (TPSA) is 204 Å². The molecular formula is C47H52FeN8O6. The Kier molecular flexibility index (Phi) is 15.1. The summed E-state index contributed by atoms with van der Waals surface area (Å²) in [6, 6.07) is 5.70. The number of nitrogens with zero attached hydrogens (tertiary/aromatic N) is 5. The van der Waals surface area contributed by atoms with Crippen LogP contribution in [0, 0.1) is 19.8 Å². The molecule has 2 aliphatic heterocycles. The molecule has 0 aliphatic carbocycles. The van der Waals surface area contributed by atoms with Gasteiger partial charge in [-0.25, -0.2) is 19.7 Å². The number of imidazole rings is 1. The van der Waals surface area contributed by atoms with E-state index in [1.807, 2.05) is 65.8 Å². The molecule has 0 saturated carbocycles. The number of rotatable bonds is 16. The van der Waals surface area contributed by atoms with Crippen molar-refractivity contribution in [2.75, 3.05) is 7.11 Å². The maximum absolute atomic E-state index is 13.8. The van der Waals surface area contributed by atoms with Gasteiger partial charge in [-0.1, -0.05) is 80.1 Å². The van der Waals surface area contributed by atoms with Crippen LogP contribution in [0.3, 0.4) is 0 Å². The fourth-order valence-electron chi connectivity index (χ4n) is 7.81. The van der Waals surface area contributed by atoms with Crippen LogP contribution in [-0.4, -0.2) is 68.0 Å². The van der Waals surface area contributed by atoms with Crippen molar-refractivity contribution in [2.45, 2.75) is 92.2 Å².